The lowest BCUT2D eigenvalue weighted by atomic mass is 9.95. The minimum Gasteiger partial charge on any atom is -0.489 e. The third-order valence-electron chi connectivity index (χ3n) is 3.90. The molecule has 1 atom stereocenters. The van der Waals surface area contributed by atoms with Crippen molar-refractivity contribution in [3.63, 3.8) is 0 Å². The van der Waals surface area contributed by atoms with Gasteiger partial charge in [-0.1, -0.05) is 27.7 Å². The standard InChI is InChI=1S/C17H23F3N2O2/c1-5-12-9-24-14-8-11(21-15(23)16(2,3)4)6-7-13(14)22(12)10-17(18,19)20/h6-8,12H,5,9-10H2,1-4H3,(H,21,23). The topological polar surface area (TPSA) is 41.6 Å². The van der Waals surface area contributed by atoms with Crippen LogP contribution < -0.4 is 15.0 Å². The fraction of sp³-hybridized carbons (Fsp3) is 0.588. The van der Waals surface area contributed by atoms with E-state index in [0.717, 1.165) is 0 Å². The van der Waals surface area contributed by atoms with Gasteiger partial charge in [0.15, 0.2) is 0 Å². The second-order valence-electron chi connectivity index (χ2n) is 7.00. The van der Waals surface area contributed by atoms with E-state index < -0.39 is 18.1 Å². The van der Waals surface area contributed by atoms with Gasteiger partial charge in [-0.3, -0.25) is 4.79 Å². The second kappa shape index (κ2) is 6.53. The molecule has 0 aliphatic carbocycles. The van der Waals surface area contributed by atoms with Gasteiger partial charge in [-0.25, -0.2) is 0 Å². The molecular weight excluding hydrogens is 321 g/mol. The van der Waals surface area contributed by atoms with Gasteiger partial charge in [-0.15, -0.1) is 0 Å². The summed E-state index contributed by atoms with van der Waals surface area (Å²) in [6, 6.07) is 4.43. The van der Waals surface area contributed by atoms with Crippen LogP contribution in [0.1, 0.15) is 34.1 Å². The highest BCUT2D eigenvalue weighted by Gasteiger charge is 2.37. The highest BCUT2D eigenvalue weighted by atomic mass is 19.4. The summed E-state index contributed by atoms with van der Waals surface area (Å²) in [5.74, 6) is 0.188. The van der Waals surface area contributed by atoms with E-state index in [4.69, 9.17) is 4.74 Å². The summed E-state index contributed by atoms with van der Waals surface area (Å²) in [5, 5.41) is 2.76. The number of carbonyl (C=O) groups excluding carboxylic acids is 1. The molecule has 0 bridgehead atoms. The molecule has 0 spiro atoms. The van der Waals surface area contributed by atoms with Gasteiger partial charge in [0.2, 0.25) is 5.91 Å². The van der Waals surface area contributed by atoms with Crippen molar-refractivity contribution in [2.24, 2.45) is 5.41 Å². The number of carbonyl (C=O) groups is 1. The monoisotopic (exact) mass is 344 g/mol. The first kappa shape index (κ1) is 18.4. The molecule has 24 heavy (non-hydrogen) atoms. The molecule has 1 aliphatic rings. The van der Waals surface area contributed by atoms with Gasteiger partial charge >= 0.3 is 6.18 Å². The first-order valence-electron chi connectivity index (χ1n) is 7.93. The molecule has 1 aromatic carbocycles. The lowest BCUT2D eigenvalue weighted by molar-refractivity contribution is -0.123. The van der Waals surface area contributed by atoms with E-state index in [1.807, 2.05) is 6.92 Å². The van der Waals surface area contributed by atoms with E-state index in [2.05, 4.69) is 5.32 Å². The van der Waals surface area contributed by atoms with E-state index in [1.165, 1.54) is 4.90 Å². The number of nitrogens with zero attached hydrogens (tertiary/aromatic N) is 1. The fourth-order valence-electron chi connectivity index (χ4n) is 2.48. The molecular formula is C17H23F3N2O2. The summed E-state index contributed by atoms with van der Waals surface area (Å²) in [7, 11) is 0. The number of hydrogen-bond acceptors (Lipinski definition) is 3. The number of anilines is 2. The van der Waals surface area contributed by atoms with E-state index in [9.17, 15) is 18.0 Å². The summed E-state index contributed by atoms with van der Waals surface area (Å²) in [6.07, 6.45) is -3.74. The van der Waals surface area contributed by atoms with Crippen LogP contribution in [0.15, 0.2) is 18.2 Å². The van der Waals surface area contributed by atoms with Crippen LogP contribution in [-0.4, -0.2) is 31.3 Å². The van der Waals surface area contributed by atoms with Crippen LogP contribution in [0.25, 0.3) is 0 Å². The zero-order chi connectivity index (χ0) is 18.1. The predicted molar refractivity (Wildman–Crippen MR) is 87.5 cm³/mol. The number of rotatable bonds is 3. The SMILES string of the molecule is CCC1COc2cc(NC(=O)C(C)(C)C)ccc2N1CC(F)(F)F. The maximum absolute atomic E-state index is 12.9. The van der Waals surface area contributed by atoms with Gasteiger partial charge in [-0.05, 0) is 18.6 Å². The van der Waals surface area contributed by atoms with Gasteiger partial charge in [0, 0.05) is 17.2 Å². The normalized spacial score (nSPS) is 18.0. The number of alkyl halides is 3. The average Bonchev–Trinajstić information content (AvgIpc) is 2.45. The average molecular weight is 344 g/mol. The predicted octanol–water partition coefficient (Wildman–Crippen LogP) is 4.21. The van der Waals surface area contributed by atoms with Crippen LogP contribution in [0.2, 0.25) is 0 Å². The van der Waals surface area contributed by atoms with Crippen LogP contribution in [0, 0.1) is 5.41 Å². The number of ether oxygens (including phenoxy) is 1. The maximum Gasteiger partial charge on any atom is 0.405 e. The van der Waals surface area contributed by atoms with Crippen LogP contribution >= 0.6 is 0 Å². The summed E-state index contributed by atoms with van der Waals surface area (Å²) >= 11 is 0. The van der Waals surface area contributed by atoms with Crippen molar-refractivity contribution < 1.29 is 22.7 Å². The van der Waals surface area contributed by atoms with Crippen molar-refractivity contribution in [1.82, 2.24) is 0 Å². The van der Waals surface area contributed by atoms with Gasteiger partial charge < -0.3 is 15.0 Å². The lowest BCUT2D eigenvalue weighted by Crippen LogP contribution is -2.47. The first-order valence-corrected chi connectivity index (χ1v) is 7.93. The van der Waals surface area contributed by atoms with Crippen LogP contribution in [-0.2, 0) is 4.79 Å². The minimum atomic E-state index is -4.29. The molecule has 4 nitrogen and oxygen atoms in total. The third-order valence-corrected chi connectivity index (χ3v) is 3.90. The van der Waals surface area contributed by atoms with Crippen molar-refractivity contribution in [1.29, 1.82) is 0 Å². The Balaban J connectivity index is 2.27. The van der Waals surface area contributed by atoms with E-state index in [-0.39, 0.29) is 18.6 Å². The Hall–Kier alpha value is -1.92. The summed E-state index contributed by atoms with van der Waals surface area (Å²) in [5.41, 5.74) is 0.349. The van der Waals surface area contributed by atoms with E-state index in [1.54, 1.807) is 39.0 Å². The molecule has 0 saturated heterocycles. The Bertz CT molecular complexity index is 609. The quantitative estimate of drug-likeness (QED) is 0.893. The number of amides is 1. The highest BCUT2D eigenvalue weighted by molar-refractivity contribution is 5.95. The molecule has 1 aromatic rings. The molecule has 0 fully saturated rings. The summed E-state index contributed by atoms with van der Waals surface area (Å²) < 4.78 is 44.3. The molecule has 0 radical (unpaired) electrons. The van der Waals surface area contributed by atoms with Gasteiger partial charge in [0.25, 0.3) is 0 Å². The molecule has 1 unspecified atom stereocenters. The van der Waals surface area contributed by atoms with Crippen molar-refractivity contribution in [2.45, 2.75) is 46.3 Å². The summed E-state index contributed by atoms with van der Waals surface area (Å²) in [6.45, 7) is 6.36. The Morgan fingerprint density at radius 3 is 2.54 bits per heavy atom. The first-order chi connectivity index (χ1) is 11.0. The van der Waals surface area contributed by atoms with Crippen molar-refractivity contribution in [3.05, 3.63) is 18.2 Å². The van der Waals surface area contributed by atoms with Gasteiger partial charge in [-0.2, -0.15) is 13.2 Å². The van der Waals surface area contributed by atoms with Crippen LogP contribution in [0.4, 0.5) is 24.5 Å². The fourth-order valence-corrected chi connectivity index (χ4v) is 2.48. The third kappa shape index (κ3) is 4.33. The number of halogens is 3. The van der Waals surface area contributed by atoms with Crippen molar-refractivity contribution in [3.8, 4) is 5.75 Å². The van der Waals surface area contributed by atoms with Crippen LogP contribution in [0.3, 0.4) is 0 Å². The van der Waals surface area contributed by atoms with Crippen molar-refractivity contribution in [2.75, 3.05) is 23.4 Å². The zero-order valence-corrected chi connectivity index (χ0v) is 14.3. The molecule has 0 saturated carbocycles. The molecule has 7 heteroatoms. The molecule has 1 aliphatic heterocycles. The highest BCUT2D eigenvalue weighted by Crippen LogP contribution is 2.38. The zero-order valence-electron chi connectivity index (χ0n) is 14.3. The lowest BCUT2D eigenvalue weighted by Gasteiger charge is -2.38. The number of fused-ring (bicyclic) bond motifs is 1. The minimum absolute atomic E-state index is 0.170. The van der Waals surface area contributed by atoms with Gasteiger partial charge in [0.1, 0.15) is 18.9 Å². The molecule has 2 rings (SSSR count). The van der Waals surface area contributed by atoms with Crippen molar-refractivity contribution >= 4 is 17.3 Å². The number of hydrogen-bond donors (Lipinski definition) is 1. The Labute approximate surface area is 140 Å². The smallest absolute Gasteiger partial charge is 0.405 e. The maximum atomic E-state index is 12.9. The molecule has 1 heterocycles. The largest absolute Gasteiger partial charge is 0.489 e. The Kier molecular flexibility index (Phi) is 5.01. The molecule has 134 valence electrons. The molecule has 1 N–H and O–H groups in total. The van der Waals surface area contributed by atoms with E-state index in [0.29, 0.717) is 23.5 Å². The Morgan fingerprint density at radius 1 is 1.33 bits per heavy atom. The second-order valence-corrected chi connectivity index (χ2v) is 7.00. The van der Waals surface area contributed by atoms with Gasteiger partial charge in [0.05, 0.1) is 11.7 Å². The molecule has 1 amide bonds. The number of nitrogens with one attached hydrogen (secondary N) is 1. The Morgan fingerprint density at radius 2 is 2.00 bits per heavy atom. The van der Waals surface area contributed by atoms with E-state index >= 15 is 0 Å². The molecule has 0 aromatic heterocycles. The van der Waals surface area contributed by atoms with Crippen LogP contribution in [0.5, 0.6) is 5.75 Å². The number of benzene rings is 1. The summed E-state index contributed by atoms with van der Waals surface area (Å²) in [4.78, 5) is 13.4.